The predicted molar refractivity (Wildman–Crippen MR) is 75.6 cm³/mol. The molecule has 5 nitrogen and oxygen atoms in total. The molecule has 0 aliphatic heterocycles. The largest absolute Gasteiger partial charge is 0.377 e. The van der Waals surface area contributed by atoms with Gasteiger partial charge < -0.3 is 13.7 Å². The van der Waals surface area contributed by atoms with E-state index in [1.807, 2.05) is 37.6 Å². The second-order valence-corrected chi connectivity index (χ2v) is 4.99. The lowest BCUT2D eigenvalue weighted by Crippen LogP contribution is -2.01. The number of hydrogen-bond donors (Lipinski definition) is 0. The Labute approximate surface area is 117 Å². The Balaban J connectivity index is 2.27. The molecule has 1 atom stereocenters. The first-order valence-corrected chi connectivity index (χ1v) is 6.53. The van der Waals surface area contributed by atoms with Crippen molar-refractivity contribution in [2.45, 2.75) is 26.9 Å². The van der Waals surface area contributed by atoms with E-state index in [9.17, 15) is 0 Å². The topological polar surface area (TPSA) is 52.6 Å². The van der Waals surface area contributed by atoms with Crippen LogP contribution in [-0.2, 0) is 4.74 Å². The molecule has 5 heteroatoms. The molecule has 0 radical (unpaired) electrons. The molecule has 0 aliphatic carbocycles. The van der Waals surface area contributed by atoms with Gasteiger partial charge in [-0.15, -0.1) is 0 Å². The summed E-state index contributed by atoms with van der Waals surface area (Å²) in [5.74, 6) is 0. The van der Waals surface area contributed by atoms with Gasteiger partial charge in [-0.1, -0.05) is 5.16 Å². The van der Waals surface area contributed by atoms with Gasteiger partial charge in [0, 0.05) is 36.2 Å². The Morgan fingerprint density at radius 2 is 2.10 bits per heavy atom. The first-order chi connectivity index (χ1) is 9.60. The number of ether oxygens (including phenoxy) is 1. The van der Waals surface area contributed by atoms with Gasteiger partial charge in [-0.05, 0) is 26.8 Å². The van der Waals surface area contributed by atoms with E-state index in [4.69, 9.17) is 9.26 Å². The lowest BCUT2D eigenvalue weighted by molar-refractivity contribution is 0.120. The van der Waals surface area contributed by atoms with Gasteiger partial charge in [0.15, 0.2) is 0 Å². The Morgan fingerprint density at radius 3 is 2.75 bits per heavy atom. The van der Waals surface area contributed by atoms with E-state index in [2.05, 4.69) is 16.2 Å². The zero-order valence-electron chi connectivity index (χ0n) is 12.0. The van der Waals surface area contributed by atoms with E-state index in [0.29, 0.717) is 0 Å². The van der Waals surface area contributed by atoms with Crippen molar-refractivity contribution in [2.24, 2.45) is 0 Å². The van der Waals surface area contributed by atoms with Crippen LogP contribution in [0.1, 0.15) is 30.0 Å². The van der Waals surface area contributed by atoms with Gasteiger partial charge in [0.25, 0.3) is 0 Å². The highest BCUT2D eigenvalue weighted by atomic mass is 16.5. The van der Waals surface area contributed by atoms with E-state index < -0.39 is 0 Å². The van der Waals surface area contributed by atoms with Gasteiger partial charge in [-0.25, -0.2) is 4.98 Å². The molecule has 0 aliphatic rings. The van der Waals surface area contributed by atoms with Crippen molar-refractivity contribution in [3.05, 3.63) is 41.7 Å². The average molecular weight is 271 g/mol. The SMILES string of the molecule is CO[C@H](C)c1cc(-c2conc2C)cn2cc(C)nc12. The molecule has 3 aromatic heterocycles. The van der Waals surface area contributed by atoms with Crippen LogP contribution in [0, 0.1) is 13.8 Å². The minimum absolute atomic E-state index is 0.0283. The van der Waals surface area contributed by atoms with Gasteiger partial charge >= 0.3 is 0 Å². The summed E-state index contributed by atoms with van der Waals surface area (Å²) in [5, 5.41) is 3.94. The number of aryl methyl sites for hydroxylation is 2. The number of nitrogens with zero attached hydrogens (tertiary/aromatic N) is 3. The molecule has 0 unspecified atom stereocenters. The van der Waals surface area contributed by atoms with Gasteiger partial charge in [-0.2, -0.15) is 0 Å². The Morgan fingerprint density at radius 1 is 1.30 bits per heavy atom. The van der Waals surface area contributed by atoms with Crippen LogP contribution in [0.4, 0.5) is 0 Å². The maximum atomic E-state index is 5.46. The van der Waals surface area contributed by atoms with Crippen molar-refractivity contribution in [1.29, 1.82) is 0 Å². The molecule has 104 valence electrons. The van der Waals surface area contributed by atoms with Crippen molar-refractivity contribution in [2.75, 3.05) is 7.11 Å². The molecule has 0 N–H and O–H groups in total. The molecule has 3 rings (SSSR count). The standard InChI is InChI=1S/C15H17N3O2/c1-9-6-18-7-12(14-8-20-17-10(14)2)5-13(11(3)19-4)15(18)16-9/h5-8,11H,1-4H3/t11-/m1/s1. The highest BCUT2D eigenvalue weighted by Gasteiger charge is 2.15. The van der Waals surface area contributed by atoms with Crippen molar-refractivity contribution < 1.29 is 9.26 Å². The Kier molecular flexibility index (Phi) is 3.06. The summed E-state index contributed by atoms with van der Waals surface area (Å²) in [5.41, 5.74) is 5.87. The third-order valence-corrected chi connectivity index (χ3v) is 3.55. The van der Waals surface area contributed by atoms with Crippen molar-refractivity contribution in [3.8, 4) is 11.1 Å². The molecule has 0 bridgehead atoms. The quantitative estimate of drug-likeness (QED) is 0.733. The second-order valence-electron chi connectivity index (χ2n) is 4.99. The number of aromatic nitrogens is 3. The highest BCUT2D eigenvalue weighted by Crippen LogP contribution is 2.29. The van der Waals surface area contributed by atoms with Gasteiger partial charge in [-0.3, -0.25) is 0 Å². The molecule has 0 fully saturated rings. The lowest BCUT2D eigenvalue weighted by atomic mass is 10.0. The summed E-state index contributed by atoms with van der Waals surface area (Å²) in [6.45, 7) is 5.93. The number of methoxy groups -OCH3 is 1. The zero-order valence-corrected chi connectivity index (χ0v) is 12.0. The van der Waals surface area contributed by atoms with Crippen LogP contribution < -0.4 is 0 Å². The minimum Gasteiger partial charge on any atom is -0.377 e. The summed E-state index contributed by atoms with van der Waals surface area (Å²) in [7, 11) is 1.70. The molecule has 0 amide bonds. The molecular weight excluding hydrogens is 254 g/mol. The van der Waals surface area contributed by atoms with E-state index in [-0.39, 0.29) is 6.10 Å². The number of imidazole rings is 1. The van der Waals surface area contributed by atoms with E-state index >= 15 is 0 Å². The van der Waals surface area contributed by atoms with Crippen molar-refractivity contribution in [1.82, 2.24) is 14.5 Å². The number of pyridine rings is 1. The van der Waals surface area contributed by atoms with Crippen molar-refractivity contribution >= 4 is 5.65 Å². The normalized spacial score (nSPS) is 13.0. The fraction of sp³-hybridized carbons (Fsp3) is 0.333. The van der Waals surface area contributed by atoms with Gasteiger partial charge in [0.1, 0.15) is 11.9 Å². The van der Waals surface area contributed by atoms with Crippen LogP contribution in [0.3, 0.4) is 0 Å². The second kappa shape index (κ2) is 4.76. The molecule has 0 saturated heterocycles. The van der Waals surface area contributed by atoms with E-state index in [0.717, 1.165) is 33.7 Å². The third-order valence-electron chi connectivity index (χ3n) is 3.55. The Bertz CT molecular complexity index is 758. The first-order valence-electron chi connectivity index (χ1n) is 6.53. The summed E-state index contributed by atoms with van der Waals surface area (Å²) in [6, 6.07) is 2.09. The van der Waals surface area contributed by atoms with Crippen LogP contribution in [0.5, 0.6) is 0 Å². The molecule has 3 heterocycles. The van der Waals surface area contributed by atoms with E-state index in [1.165, 1.54) is 0 Å². The van der Waals surface area contributed by atoms with Crippen molar-refractivity contribution in [3.63, 3.8) is 0 Å². The Hall–Kier alpha value is -2.14. The van der Waals surface area contributed by atoms with Crippen LogP contribution in [0.2, 0.25) is 0 Å². The van der Waals surface area contributed by atoms with Crippen LogP contribution >= 0.6 is 0 Å². The van der Waals surface area contributed by atoms with E-state index in [1.54, 1.807) is 13.4 Å². The lowest BCUT2D eigenvalue weighted by Gasteiger charge is -2.13. The number of rotatable bonds is 3. The highest BCUT2D eigenvalue weighted by molar-refractivity contribution is 5.68. The van der Waals surface area contributed by atoms with Gasteiger partial charge in [0.05, 0.1) is 17.5 Å². The predicted octanol–water partition coefficient (Wildman–Crippen LogP) is 3.31. The molecule has 20 heavy (non-hydrogen) atoms. The number of hydrogen-bond acceptors (Lipinski definition) is 4. The fourth-order valence-corrected chi connectivity index (χ4v) is 2.39. The van der Waals surface area contributed by atoms with Crippen LogP contribution in [0.15, 0.2) is 29.2 Å². The molecule has 0 aromatic carbocycles. The monoisotopic (exact) mass is 271 g/mol. The molecule has 3 aromatic rings. The average Bonchev–Trinajstić information content (AvgIpc) is 3.01. The van der Waals surface area contributed by atoms with Crippen LogP contribution in [0.25, 0.3) is 16.8 Å². The number of fused-ring (bicyclic) bond motifs is 1. The first kappa shape index (κ1) is 12.9. The molecular formula is C15H17N3O2. The fourth-order valence-electron chi connectivity index (χ4n) is 2.39. The maximum Gasteiger partial charge on any atom is 0.142 e. The summed E-state index contributed by atoms with van der Waals surface area (Å²) >= 11 is 0. The molecule has 0 saturated carbocycles. The summed E-state index contributed by atoms with van der Waals surface area (Å²) < 4.78 is 12.5. The molecule has 0 spiro atoms. The summed E-state index contributed by atoms with van der Waals surface area (Å²) in [4.78, 5) is 4.57. The zero-order chi connectivity index (χ0) is 14.3. The minimum atomic E-state index is -0.0283. The third kappa shape index (κ3) is 2.00. The van der Waals surface area contributed by atoms with Crippen LogP contribution in [-0.4, -0.2) is 21.7 Å². The summed E-state index contributed by atoms with van der Waals surface area (Å²) in [6.07, 6.45) is 5.69. The smallest absolute Gasteiger partial charge is 0.142 e. The maximum absolute atomic E-state index is 5.46. The van der Waals surface area contributed by atoms with Gasteiger partial charge in [0.2, 0.25) is 0 Å².